The molecule has 3 fully saturated rings. The number of hydrogen-bond donors (Lipinski definition) is 3. The van der Waals surface area contributed by atoms with Crippen LogP contribution in [0.15, 0.2) is 48.9 Å². The topological polar surface area (TPSA) is 104 Å². The van der Waals surface area contributed by atoms with Gasteiger partial charge in [0.25, 0.3) is 0 Å². The first-order valence-electron chi connectivity index (χ1n) is 14.6. The van der Waals surface area contributed by atoms with E-state index in [-0.39, 0.29) is 29.3 Å². The van der Waals surface area contributed by atoms with Crippen molar-refractivity contribution in [1.82, 2.24) is 24.3 Å². The first-order chi connectivity index (χ1) is 21.0. The first kappa shape index (κ1) is 28.5. The van der Waals surface area contributed by atoms with Crippen molar-refractivity contribution in [3.8, 4) is 11.1 Å². The lowest BCUT2D eigenvalue weighted by Crippen LogP contribution is -2.27. The van der Waals surface area contributed by atoms with Gasteiger partial charge in [-0.25, -0.2) is 19.2 Å². The molecule has 0 unspecified atom stereocenters. The summed E-state index contributed by atoms with van der Waals surface area (Å²) in [5, 5.41) is 5.45. The second kappa shape index (κ2) is 10.7. The lowest BCUT2D eigenvalue weighted by molar-refractivity contribution is -0.138. The minimum Gasteiger partial charge on any atom is -0.383 e. The van der Waals surface area contributed by atoms with E-state index in [1.165, 1.54) is 30.6 Å². The van der Waals surface area contributed by atoms with Crippen LogP contribution in [0.4, 0.5) is 39.5 Å². The lowest BCUT2D eigenvalue weighted by Gasteiger charge is -2.22. The van der Waals surface area contributed by atoms with Gasteiger partial charge in [-0.3, -0.25) is 4.90 Å². The Bertz CT molecular complexity index is 1740. The Morgan fingerprint density at radius 2 is 1.77 bits per heavy atom. The summed E-state index contributed by atoms with van der Waals surface area (Å²) < 4.78 is 59.4. The van der Waals surface area contributed by atoms with Gasteiger partial charge in [-0.05, 0) is 67.1 Å². The van der Waals surface area contributed by atoms with Crippen LogP contribution in [0.1, 0.15) is 30.0 Å². The molecule has 2 amide bonds. The molecule has 4 N–H and O–H groups in total. The van der Waals surface area contributed by atoms with E-state index in [1.54, 1.807) is 6.07 Å². The van der Waals surface area contributed by atoms with Crippen LogP contribution in [0.5, 0.6) is 0 Å². The van der Waals surface area contributed by atoms with E-state index in [9.17, 15) is 18.0 Å². The third-order valence-corrected chi connectivity index (χ3v) is 8.92. The number of amides is 2. The molecule has 2 atom stereocenters. The van der Waals surface area contributed by atoms with Crippen molar-refractivity contribution in [2.45, 2.75) is 31.6 Å². The van der Waals surface area contributed by atoms with Gasteiger partial charge in [0.2, 0.25) is 0 Å². The van der Waals surface area contributed by atoms with Crippen LogP contribution >= 0.6 is 0 Å². The van der Waals surface area contributed by atoms with Crippen LogP contribution in [-0.2, 0) is 12.7 Å². The van der Waals surface area contributed by atoms with E-state index in [4.69, 9.17) is 5.73 Å². The van der Waals surface area contributed by atoms with Crippen molar-refractivity contribution < 1.29 is 22.4 Å². The summed E-state index contributed by atoms with van der Waals surface area (Å²) in [5.41, 5.74) is 7.22. The van der Waals surface area contributed by atoms with Gasteiger partial charge in [-0.15, -0.1) is 0 Å². The average Bonchev–Trinajstić information content (AvgIpc) is 3.50. The zero-order valence-electron chi connectivity index (χ0n) is 24.0. The largest absolute Gasteiger partial charge is 0.416 e. The second-order valence-electron chi connectivity index (χ2n) is 12.2. The molecule has 0 spiro atoms. The Labute approximate surface area is 251 Å². The Morgan fingerprint density at radius 1 is 1.02 bits per heavy atom. The van der Waals surface area contributed by atoms with E-state index in [0.717, 1.165) is 45.1 Å². The molecule has 2 aromatic heterocycles. The summed E-state index contributed by atoms with van der Waals surface area (Å²) in [5.74, 6) is 0.521. The number of carbonyl (C=O) groups is 1. The molecule has 2 saturated heterocycles. The minimum absolute atomic E-state index is 0.0427. The van der Waals surface area contributed by atoms with Crippen LogP contribution in [0.25, 0.3) is 22.2 Å². The molecule has 7 rings (SSSR count). The number of nitrogens with one attached hydrogen (secondary N) is 2. The Morgan fingerprint density at radius 3 is 2.45 bits per heavy atom. The molecule has 2 aromatic carbocycles. The van der Waals surface area contributed by atoms with Crippen molar-refractivity contribution in [3.05, 3.63) is 65.9 Å². The van der Waals surface area contributed by atoms with Crippen LogP contribution in [0, 0.1) is 17.7 Å². The predicted octanol–water partition coefficient (Wildman–Crippen LogP) is 5.81. The summed E-state index contributed by atoms with van der Waals surface area (Å²) in [7, 11) is 2.07. The normalized spacial score (nSPS) is 20.8. The molecule has 0 radical (unpaired) electrons. The number of nitrogens with zero attached hydrogens (tertiary/aromatic N) is 5. The SMILES string of the molecule is CN1C[C@@H]2CN(Cc3ccc(NC(=O)Nc4ccc(-c5cn(C6CC6)c6ncnc(N)c56)cc4F)cc3C(F)(F)F)C[C@@H]2C1. The van der Waals surface area contributed by atoms with Gasteiger partial charge in [0.05, 0.1) is 16.6 Å². The Balaban J connectivity index is 1.06. The van der Waals surface area contributed by atoms with Crippen LogP contribution in [0.3, 0.4) is 0 Å². The highest BCUT2D eigenvalue weighted by Crippen LogP contribution is 2.42. The summed E-state index contributed by atoms with van der Waals surface area (Å²) in [6.07, 6.45) is 0.721. The van der Waals surface area contributed by atoms with E-state index < -0.39 is 23.6 Å². The quantitative estimate of drug-likeness (QED) is 0.239. The van der Waals surface area contributed by atoms with Gasteiger partial charge < -0.3 is 25.8 Å². The van der Waals surface area contributed by atoms with Gasteiger partial charge >= 0.3 is 12.2 Å². The Hall–Kier alpha value is -4.23. The molecule has 13 heteroatoms. The number of aromatic nitrogens is 3. The number of nitrogens with two attached hydrogens (primary N) is 1. The van der Waals surface area contributed by atoms with Crippen LogP contribution in [-0.4, -0.2) is 63.6 Å². The number of carbonyl (C=O) groups excluding carboxylic acids is 1. The van der Waals surface area contributed by atoms with Gasteiger partial charge in [0.1, 0.15) is 23.6 Å². The number of halogens is 4. The average molecular weight is 609 g/mol. The van der Waals surface area contributed by atoms with E-state index in [2.05, 4.69) is 37.4 Å². The highest BCUT2D eigenvalue weighted by atomic mass is 19.4. The van der Waals surface area contributed by atoms with Crippen LogP contribution < -0.4 is 16.4 Å². The van der Waals surface area contributed by atoms with Gasteiger partial charge in [-0.2, -0.15) is 13.2 Å². The second-order valence-corrected chi connectivity index (χ2v) is 12.2. The van der Waals surface area contributed by atoms with E-state index in [1.807, 2.05) is 10.8 Å². The monoisotopic (exact) mass is 608 g/mol. The van der Waals surface area contributed by atoms with Crippen molar-refractivity contribution in [3.63, 3.8) is 0 Å². The molecule has 1 saturated carbocycles. The standard InChI is InChI=1S/C31H32F4N8O/c1-41-10-19-13-42(14-20(19)11-41)12-18-2-4-21(9-24(18)31(33,34)35)39-30(44)40-26-7-3-17(8-25(26)32)23-15-43(22-5-6-22)29-27(23)28(36)37-16-38-29/h2-4,7-9,15-16,19-20,22H,5-6,10-14H2,1H3,(H2,36,37,38)(H2,39,40,44)/t19-,20+. The number of benzene rings is 2. The third kappa shape index (κ3) is 5.45. The number of urea groups is 1. The first-order valence-corrected chi connectivity index (χ1v) is 14.6. The fraction of sp³-hybridized carbons (Fsp3) is 0.387. The molecule has 230 valence electrons. The van der Waals surface area contributed by atoms with Crippen molar-refractivity contribution >= 4 is 34.3 Å². The fourth-order valence-corrected chi connectivity index (χ4v) is 6.78. The maximum atomic E-state index is 15.2. The maximum Gasteiger partial charge on any atom is 0.416 e. The van der Waals surface area contributed by atoms with E-state index in [0.29, 0.717) is 40.0 Å². The summed E-state index contributed by atoms with van der Waals surface area (Å²) in [6.45, 7) is 3.64. The Kier molecular flexibility index (Phi) is 6.96. The number of nitrogen functional groups attached to an aromatic ring is 1. The van der Waals surface area contributed by atoms with Gasteiger partial charge in [0.15, 0.2) is 0 Å². The highest BCUT2D eigenvalue weighted by Gasteiger charge is 2.40. The highest BCUT2D eigenvalue weighted by molar-refractivity contribution is 6.02. The molecule has 44 heavy (non-hydrogen) atoms. The molecule has 9 nitrogen and oxygen atoms in total. The third-order valence-electron chi connectivity index (χ3n) is 8.92. The fourth-order valence-electron chi connectivity index (χ4n) is 6.78. The number of rotatable bonds is 6. The molecular formula is C31H32F4N8O. The zero-order valence-corrected chi connectivity index (χ0v) is 24.0. The molecule has 4 aromatic rings. The van der Waals surface area contributed by atoms with Gasteiger partial charge in [0, 0.05) is 56.2 Å². The molecule has 1 aliphatic carbocycles. The summed E-state index contributed by atoms with van der Waals surface area (Å²) in [4.78, 5) is 25.5. The van der Waals surface area contributed by atoms with Crippen LogP contribution in [0.2, 0.25) is 0 Å². The number of anilines is 3. The van der Waals surface area contributed by atoms with Crippen molar-refractivity contribution in [2.24, 2.45) is 11.8 Å². The molecule has 4 heterocycles. The number of hydrogen-bond acceptors (Lipinski definition) is 6. The van der Waals surface area contributed by atoms with Gasteiger partial charge in [-0.1, -0.05) is 12.1 Å². The number of likely N-dealkylation sites (tertiary alicyclic amines) is 2. The summed E-state index contributed by atoms with van der Waals surface area (Å²) in [6, 6.07) is 7.53. The number of fused-ring (bicyclic) bond motifs is 2. The lowest BCUT2D eigenvalue weighted by atomic mass is 10.0. The minimum atomic E-state index is -4.60. The zero-order chi connectivity index (χ0) is 30.7. The van der Waals surface area contributed by atoms with E-state index >= 15 is 4.39 Å². The summed E-state index contributed by atoms with van der Waals surface area (Å²) >= 11 is 0. The number of alkyl halides is 3. The van der Waals surface area contributed by atoms with Crippen molar-refractivity contribution in [2.75, 3.05) is 49.6 Å². The smallest absolute Gasteiger partial charge is 0.383 e. The predicted molar refractivity (Wildman–Crippen MR) is 159 cm³/mol. The molecular weight excluding hydrogens is 576 g/mol. The molecule has 2 aliphatic heterocycles. The maximum absolute atomic E-state index is 15.2. The molecule has 0 bridgehead atoms. The van der Waals surface area contributed by atoms with Crippen molar-refractivity contribution in [1.29, 1.82) is 0 Å². The molecule has 3 aliphatic rings.